The van der Waals surface area contributed by atoms with Gasteiger partial charge in [0.05, 0.1) is 16.9 Å². The fourth-order valence-corrected chi connectivity index (χ4v) is 2.45. The van der Waals surface area contributed by atoms with Gasteiger partial charge in [-0.1, -0.05) is 30.3 Å². The van der Waals surface area contributed by atoms with Gasteiger partial charge in [0, 0.05) is 26.3 Å². The van der Waals surface area contributed by atoms with Crippen LogP contribution in [-0.2, 0) is 13.6 Å². The van der Waals surface area contributed by atoms with Crippen LogP contribution in [0.4, 0.5) is 0 Å². The number of aryl methyl sites for hydroxylation is 2. The van der Waals surface area contributed by atoms with Crippen molar-refractivity contribution in [3.8, 4) is 0 Å². The van der Waals surface area contributed by atoms with E-state index in [1.165, 1.54) is 0 Å². The fraction of sp³-hybridized carbons (Fsp3) is 0.412. The molecule has 0 saturated heterocycles. The predicted octanol–water partition coefficient (Wildman–Crippen LogP) is 2.14. The number of carbonyl (C=O) groups is 1. The Morgan fingerprint density at radius 3 is 2.45 bits per heavy atom. The van der Waals surface area contributed by atoms with Gasteiger partial charge in [-0.2, -0.15) is 5.10 Å². The first-order chi connectivity index (χ1) is 10.3. The number of hydrogen-bond donors (Lipinski definition) is 1. The van der Waals surface area contributed by atoms with E-state index in [9.17, 15) is 9.90 Å². The molecule has 2 rings (SSSR count). The van der Waals surface area contributed by atoms with Crippen LogP contribution >= 0.6 is 0 Å². The zero-order valence-electron chi connectivity index (χ0n) is 13.6. The van der Waals surface area contributed by atoms with E-state index in [1.54, 1.807) is 36.7 Å². The minimum absolute atomic E-state index is 0.114. The Bertz CT molecular complexity index is 642. The highest BCUT2D eigenvalue weighted by Gasteiger charge is 2.25. The van der Waals surface area contributed by atoms with Crippen molar-refractivity contribution >= 4 is 5.91 Å². The Hall–Kier alpha value is -2.14. The molecule has 1 aromatic heterocycles. The maximum Gasteiger partial charge on any atom is 0.257 e. The van der Waals surface area contributed by atoms with E-state index < -0.39 is 5.60 Å². The summed E-state index contributed by atoms with van der Waals surface area (Å²) in [5.41, 5.74) is 1.34. The maximum absolute atomic E-state index is 12.8. The Morgan fingerprint density at radius 1 is 1.32 bits per heavy atom. The first-order valence-electron chi connectivity index (χ1n) is 7.32. The molecule has 0 aliphatic heterocycles. The molecule has 0 unspecified atom stereocenters. The van der Waals surface area contributed by atoms with Crippen LogP contribution < -0.4 is 0 Å². The molecule has 0 aliphatic carbocycles. The molecule has 0 bridgehead atoms. The summed E-state index contributed by atoms with van der Waals surface area (Å²) in [6, 6.07) is 9.77. The first-order valence-corrected chi connectivity index (χ1v) is 7.32. The van der Waals surface area contributed by atoms with Crippen LogP contribution in [0.1, 0.15) is 35.5 Å². The molecule has 1 heterocycles. The number of rotatable bonds is 5. The van der Waals surface area contributed by atoms with Crippen molar-refractivity contribution in [3.63, 3.8) is 0 Å². The van der Waals surface area contributed by atoms with Crippen molar-refractivity contribution < 1.29 is 9.90 Å². The minimum atomic E-state index is -0.958. The largest absolute Gasteiger partial charge is 0.389 e. The molecule has 0 fully saturated rings. The SMILES string of the molecule is Cc1nn(C)cc1C(=O)N(Cc1ccccc1)CC(C)(C)O. The zero-order chi connectivity index (χ0) is 16.3. The third-order valence-electron chi connectivity index (χ3n) is 3.33. The minimum Gasteiger partial charge on any atom is -0.389 e. The van der Waals surface area contributed by atoms with E-state index in [2.05, 4.69) is 5.10 Å². The molecular formula is C17H23N3O2. The first kappa shape index (κ1) is 16.2. The number of benzene rings is 1. The van der Waals surface area contributed by atoms with Crippen molar-refractivity contribution in [1.29, 1.82) is 0 Å². The maximum atomic E-state index is 12.8. The molecule has 0 spiro atoms. The normalized spacial score (nSPS) is 11.5. The van der Waals surface area contributed by atoms with Crippen molar-refractivity contribution in [2.75, 3.05) is 6.54 Å². The standard InChI is InChI=1S/C17H23N3O2/c1-13-15(11-19(4)18-13)16(21)20(12-17(2,3)22)10-14-8-6-5-7-9-14/h5-9,11,22H,10,12H2,1-4H3. The number of aliphatic hydroxyl groups is 1. The Labute approximate surface area is 131 Å². The molecule has 5 nitrogen and oxygen atoms in total. The quantitative estimate of drug-likeness (QED) is 0.920. The summed E-state index contributed by atoms with van der Waals surface area (Å²) in [7, 11) is 1.79. The smallest absolute Gasteiger partial charge is 0.257 e. The monoisotopic (exact) mass is 301 g/mol. The third-order valence-corrected chi connectivity index (χ3v) is 3.33. The van der Waals surface area contributed by atoms with Crippen molar-refractivity contribution in [2.45, 2.75) is 32.9 Å². The summed E-state index contributed by atoms with van der Waals surface area (Å²) in [6.07, 6.45) is 1.72. The average molecular weight is 301 g/mol. The number of aromatic nitrogens is 2. The topological polar surface area (TPSA) is 58.4 Å². The fourth-order valence-electron chi connectivity index (χ4n) is 2.45. The molecule has 118 valence electrons. The van der Waals surface area contributed by atoms with Crippen molar-refractivity contribution in [2.24, 2.45) is 7.05 Å². The van der Waals surface area contributed by atoms with Crippen LogP contribution in [0, 0.1) is 6.92 Å². The second-order valence-corrected chi connectivity index (χ2v) is 6.26. The van der Waals surface area contributed by atoms with E-state index in [0.29, 0.717) is 17.8 Å². The number of nitrogens with zero attached hydrogens (tertiary/aromatic N) is 3. The van der Waals surface area contributed by atoms with Crippen LogP contribution in [0.3, 0.4) is 0 Å². The van der Waals surface area contributed by atoms with E-state index in [0.717, 1.165) is 5.56 Å². The second-order valence-electron chi connectivity index (χ2n) is 6.26. The van der Waals surface area contributed by atoms with Gasteiger partial charge < -0.3 is 10.0 Å². The molecule has 1 N–H and O–H groups in total. The molecule has 1 aromatic carbocycles. The highest BCUT2D eigenvalue weighted by molar-refractivity contribution is 5.95. The lowest BCUT2D eigenvalue weighted by atomic mass is 10.1. The van der Waals surface area contributed by atoms with Gasteiger partial charge in [0.1, 0.15) is 0 Å². The molecular weight excluding hydrogens is 278 g/mol. The Balaban J connectivity index is 2.27. The van der Waals surface area contributed by atoms with Gasteiger partial charge in [-0.3, -0.25) is 9.48 Å². The van der Waals surface area contributed by atoms with Crippen molar-refractivity contribution in [3.05, 3.63) is 53.3 Å². The highest BCUT2D eigenvalue weighted by atomic mass is 16.3. The van der Waals surface area contributed by atoms with Gasteiger partial charge in [-0.15, -0.1) is 0 Å². The Morgan fingerprint density at radius 2 is 1.95 bits per heavy atom. The number of amides is 1. The average Bonchev–Trinajstić information content (AvgIpc) is 2.76. The molecule has 0 aliphatic rings. The lowest BCUT2D eigenvalue weighted by Gasteiger charge is -2.29. The summed E-state index contributed by atoms with van der Waals surface area (Å²) in [5.74, 6) is -0.114. The molecule has 0 saturated carbocycles. The van der Waals surface area contributed by atoms with Gasteiger partial charge >= 0.3 is 0 Å². The van der Waals surface area contributed by atoms with Gasteiger partial charge in [0.25, 0.3) is 5.91 Å². The van der Waals surface area contributed by atoms with Crippen LogP contribution in [0.25, 0.3) is 0 Å². The van der Waals surface area contributed by atoms with Gasteiger partial charge in [0.15, 0.2) is 0 Å². The van der Waals surface area contributed by atoms with E-state index >= 15 is 0 Å². The number of carbonyl (C=O) groups excluding carboxylic acids is 1. The highest BCUT2D eigenvalue weighted by Crippen LogP contribution is 2.16. The molecule has 22 heavy (non-hydrogen) atoms. The van der Waals surface area contributed by atoms with E-state index in [-0.39, 0.29) is 12.5 Å². The van der Waals surface area contributed by atoms with Crippen LogP contribution in [0.5, 0.6) is 0 Å². The van der Waals surface area contributed by atoms with Crippen LogP contribution in [-0.4, -0.2) is 37.8 Å². The summed E-state index contributed by atoms with van der Waals surface area (Å²) in [6.45, 7) is 5.94. The van der Waals surface area contributed by atoms with Gasteiger partial charge in [0.2, 0.25) is 0 Å². The summed E-state index contributed by atoms with van der Waals surface area (Å²) in [5, 5.41) is 14.3. The van der Waals surface area contributed by atoms with E-state index in [4.69, 9.17) is 0 Å². The molecule has 5 heteroatoms. The summed E-state index contributed by atoms with van der Waals surface area (Å²) < 4.78 is 1.63. The lowest BCUT2D eigenvalue weighted by Crippen LogP contribution is -2.42. The number of hydrogen-bond acceptors (Lipinski definition) is 3. The molecule has 0 radical (unpaired) electrons. The summed E-state index contributed by atoms with van der Waals surface area (Å²) in [4.78, 5) is 14.5. The molecule has 1 amide bonds. The van der Waals surface area contributed by atoms with Crippen LogP contribution in [0.15, 0.2) is 36.5 Å². The predicted molar refractivity (Wildman–Crippen MR) is 85.4 cm³/mol. The molecule has 2 aromatic rings. The van der Waals surface area contributed by atoms with Crippen LogP contribution in [0.2, 0.25) is 0 Å². The third kappa shape index (κ3) is 4.18. The molecule has 0 atom stereocenters. The van der Waals surface area contributed by atoms with Crippen molar-refractivity contribution in [1.82, 2.24) is 14.7 Å². The summed E-state index contributed by atoms with van der Waals surface area (Å²) >= 11 is 0. The van der Waals surface area contributed by atoms with Gasteiger partial charge in [-0.05, 0) is 26.3 Å². The second kappa shape index (κ2) is 6.32. The Kier molecular flexibility index (Phi) is 4.66. The van der Waals surface area contributed by atoms with E-state index in [1.807, 2.05) is 37.3 Å². The zero-order valence-corrected chi connectivity index (χ0v) is 13.6. The lowest BCUT2D eigenvalue weighted by molar-refractivity contribution is 0.0279. The van der Waals surface area contributed by atoms with Gasteiger partial charge in [-0.25, -0.2) is 0 Å².